The van der Waals surface area contributed by atoms with E-state index in [0.29, 0.717) is 40.3 Å². The summed E-state index contributed by atoms with van der Waals surface area (Å²) in [5, 5.41) is 25.0. The van der Waals surface area contributed by atoms with Crippen molar-refractivity contribution in [2.45, 2.75) is 50.6 Å². The molecule has 0 spiro atoms. The summed E-state index contributed by atoms with van der Waals surface area (Å²) < 4.78 is 0. The van der Waals surface area contributed by atoms with Crippen molar-refractivity contribution in [3.63, 3.8) is 0 Å². The summed E-state index contributed by atoms with van der Waals surface area (Å²) >= 11 is 0. The zero-order valence-corrected chi connectivity index (χ0v) is 30.5. The van der Waals surface area contributed by atoms with Crippen LogP contribution in [0.5, 0.6) is 5.75 Å². The van der Waals surface area contributed by atoms with Crippen LogP contribution >= 0.6 is 0 Å². The summed E-state index contributed by atoms with van der Waals surface area (Å²) in [5.41, 5.74) is 4.02. The zero-order chi connectivity index (χ0) is 36.9. The number of piperazine rings is 1. The van der Waals surface area contributed by atoms with Crippen molar-refractivity contribution in [2.24, 2.45) is 11.8 Å². The Morgan fingerprint density at radius 1 is 0.759 bits per heavy atom. The first kappa shape index (κ1) is 34.7. The van der Waals surface area contributed by atoms with Crippen LogP contribution < -0.4 is 20.4 Å². The normalized spacial score (nSPS) is 25.3. The molecular weight excluding hydrogens is 686 g/mol. The van der Waals surface area contributed by atoms with E-state index in [2.05, 4.69) is 46.5 Å². The molecule has 3 N–H and O–H groups in total. The molecule has 54 heavy (non-hydrogen) atoms. The summed E-state index contributed by atoms with van der Waals surface area (Å²) in [7, 11) is 0. The van der Waals surface area contributed by atoms with Crippen LogP contribution in [0.15, 0.2) is 48.5 Å². The topological polar surface area (TPSA) is 155 Å². The fourth-order valence-electron chi connectivity index (χ4n) is 9.57. The lowest BCUT2D eigenvalue weighted by Crippen LogP contribution is -2.59. The summed E-state index contributed by atoms with van der Waals surface area (Å²) in [6.07, 6.45) is 4.90. The Morgan fingerprint density at radius 2 is 1.56 bits per heavy atom. The van der Waals surface area contributed by atoms with Crippen LogP contribution in [-0.4, -0.2) is 131 Å². The average Bonchev–Trinajstić information content (AvgIpc) is 3.43. The minimum atomic E-state index is -0.955. The molecule has 0 radical (unpaired) electrons. The molecule has 3 unspecified atom stereocenters. The SMILES string of the molecule is O=C1CCC(N2C(=O)c3ccc(N4CCC(CN5CCCC(CN6CCN7c8cc(-c9ccccc9O)nnc8NCC7C6)C5)CC4)cc3C2=O)C(=O)N1. The van der Waals surface area contributed by atoms with E-state index in [9.17, 15) is 24.3 Å². The summed E-state index contributed by atoms with van der Waals surface area (Å²) in [6, 6.07) is 14.2. The van der Waals surface area contributed by atoms with Gasteiger partial charge in [0, 0.05) is 76.6 Å². The standard InChI is InChI=1S/C40H47N9O5/c50-35-6-2-1-5-30(35)32-19-34-37(44-43-32)41-20-28-24-46(16-17-48(28)34)23-26-4-3-13-45(22-26)21-25-11-14-47(15-12-25)27-7-8-29-31(18-27)40(54)49(39(29)53)33-9-10-36(51)42-38(33)52/h1-2,5-8,18-19,25-26,28,33,50H,3-4,9-17,20-24H2,(H,41,44)(H,42,51,52). The van der Waals surface area contributed by atoms with E-state index in [4.69, 9.17) is 0 Å². The Bertz CT molecular complexity index is 1980. The molecule has 4 saturated heterocycles. The number of aromatic nitrogens is 2. The van der Waals surface area contributed by atoms with Gasteiger partial charge >= 0.3 is 0 Å². The molecule has 9 rings (SSSR count). The van der Waals surface area contributed by atoms with E-state index in [1.54, 1.807) is 18.2 Å². The van der Waals surface area contributed by atoms with Gasteiger partial charge in [-0.25, -0.2) is 0 Å². The minimum absolute atomic E-state index is 0.106. The fraction of sp³-hybridized carbons (Fsp3) is 0.500. The van der Waals surface area contributed by atoms with Crippen molar-refractivity contribution in [2.75, 3.05) is 80.6 Å². The highest BCUT2D eigenvalue weighted by atomic mass is 16.3. The van der Waals surface area contributed by atoms with Crippen LogP contribution in [0.2, 0.25) is 0 Å². The van der Waals surface area contributed by atoms with Gasteiger partial charge in [0.15, 0.2) is 5.82 Å². The zero-order valence-electron chi connectivity index (χ0n) is 30.5. The fourth-order valence-corrected chi connectivity index (χ4v) is 9.57. The molecule has 4 amide bonds. The van der Waals surface area contributed by atoms with Crippen molar-refractivity contribution in [3.05, 3.63) is 59.7 Å². The van der Waals surface area contributed by atoms with Crippen LogP contribution in [0.25, 0.3) is 11.3 Å². The second kappa shape index (κ2) is 14.3. The van der Waals surface area contributed by atoms with Gasteiger partial charge in [-0.15, -0.1) is 10.2 Å². The van der Waals surface area contributed by atoms with Crippen LogP contribution in [0.4, 0.5) is 17.2 Å². The van der Waals surface area contributed by atoms with Gasteiger partial charge in [-0.2, -0.15) is 0 Å². The third-order valence-corrected chi connectivity index (χ3v) is 12.4. The Morgan fingerprint density at radius 3 is 2.39 bits per heavy atom. The number of aromatic hydroxyl groups is 1. The Labute approximate surface area is 314 Å². The molecule has 3 atom stereocenters. The number of phenols is 1. The number of amides is 4. The molecule has 6 aliphatic rings. The van der Waals surface area contributed by atoms with Gasteiger partial charge in [0.2, 0.25) is 11.8 Å². The molecule has 3 aromatic rings. The van der Waals surface area contributed by atoms with Crippen LogP contribution in [0, 0.1) is 11.8 Å². The van der Waals surface area contributed by atoms with Gasteiger partial charge in [0.1, 0.15) is 11.8 Å². The molecule has 0 aliphatic carbocycles. The highest BCUT2D eigenvalue weighted by molar-refractivity contribution is 6.23. The Hall–Kier alpha value is -5.08. The summed E-state index contributed by atoms with van der Waals surface area (Å²) in [4.78, 5) is 61.7. The van der Waals surface area contributed by atoms with E-state index in [1.807, 2.05) is 24.3 Å². The number of hydrogen-bond donors (Lipinski definition) is 3. The molecule has 14 nitrogen and oxygen atoms in total. The number of nitrogens with zero attached hydrogens (tertiary/aromatic N) is 7. The molecule has 1 aromatic heterocycles. The highest BCUT2D eigenvalue weighted by Gasteiger charge is 2.45. The van der Waals surface area contributed by atoms with Gasteiger partial charge in [0.25, 0.3) is 11.8 Å². The second-order valence-electron chi connectivity index (χ2n) is 15.8. The number of anilines is 3. The van der Waals surface area contributed by atoms with E-state index in [-0.39, 0.29) is 24.5 Å². The van der Waals surface area contributed by atoms with Crippen molar-refractivity contribution < 1.29 is 24.3 Å². The maximum absolute atomic E-state index is 13.4. The molecule has 2 aromatic carbocycles. The number of likely N-dealkylation sites (tertiary alicyclic amines) is 1. The molecule has 14 heteroatoms. The number of para-hydroxylation sites is 1. The molecular formula is C40H47N9O5. The number of phenolic OH excluding ortho intramolecular Hbond substituents is 1. The number of imide groups is 2. The Kier molecular flexibility index (Phi) is 9.18. The summed E-state index contributed by atoms with van der Waals surface area (Å²) in [6.45, 7) is 10.1. The first-order valence-electron chi connectivity index (χ1n) is 19.5. The third-order valence-electron chi connectivity index (χ3n) is 12.4. The van der Waals surface area contributed by atoms with Gasteiger partial charge in [-0.1, -0.05) is 12.1 Å². The number of hydrogen-bond acceptors (Lipinski definition) is 12. The first-order valence-corrected chi connectivity index (χ1v) is 19.5. The lowest BCUT2D eigenvalue weighted by molar-refractivity contribution is -0.136. The quantitative estimate of drug-likeness (QED) is 0.306. The van der Waals surface area contributed by atoms with Crippen molar-refractivity contribution >= 4 is 40.8 Å². The highest BCUT2D eigenvalue weighted by Crippen LogP contribution is 2.37. The largest absolute Gasteiger partial charge is 0.507 e. The van der Waals surface area contributed by atoms with Gasteiger partial charge in [-0.05, 0) is 86.9 Å². The predicted molar refractivity (Wildman–Crippen MR) is 202 cm³/mol. The van der Waals surface area contributed by atoms with Crippen LogP contribution in [0.1, 0.15) is 59.2 Å². The van der Waals surface area contributed by atoms with E-state index in [1.165, 1.54) is 12.8 Å². The molecule has 282 valence electrons. The molecule has 0 bridgehead atoms. The van der Waals surface area contributed by atoms with Crippen LogP contribution in [0.3, 0.4) is 0 Å². The lowest BCUT2D eigenvalue weighted by atomic mass is 9.92. The number of carbonyl (C=O) groups excluding carboxylic acids is 4. The van der Waals surface area contributed by atoms with E-state index < -0.39 is 23.8 Å². The van der Waals surface area contributed by atoms with Gasteiger partial charge in [0.05, 0.1) is 28.6 Å². The number of carbonyl (C=O) groups is 4. The smallest absolute Gasteiger partial charge is 0.262 e. The maximum Gasteiger partial charge on any atom is 0.262 e. The Balaban J connectivity index is 0.761. The average molecular weight is 734 g/mol. The number of nitrogens with one attached hydrogen (secondary N) is 2. The molecule has 0 saturated carbocycles. The number of benzene rings is 2. The van der Waals surface area contributed by atoms with Crippen molar-refractivity contribution in [1.82, 2.24) is 30.2 Å². The monoisotopic (exact) mass is 733 g/mol. The van der Waals surface area contributed by atoms with E-state index >= 15 is 0 Å². The third kappa shape index (κ3) is 6.55. The summed E-state index contributed by atoms with van der Waals surface area (Å²) in [5.74, 6) is 0.387. The predicted octanol–water partition coefficient (Wildman–Crippen LogP) is 2.80. The number of fused-ring (bicyclic) bond motifs is 4. The van der Waals surface area contributed by atoms with Gasteiger partial charge < -0.3 is 25.1 Å². The molecule has 6 aliphatic heterocycles. The van der Waals surface area contributed by atoms with Crippen molar-refractivity contribution in [1.29, 1.82) is 0 Å². The minimum Gasteiger partial charge on any atom is -0.507 e. The molecule has 4 fully saturated rings. The van der Waals surface area contributed by atoms with Crippen LogP contribution in [-0.2, 0) is 9.59 Å². The lowest BCUT2D eigenvalue weighted by Gasteiger charge is -2.47. The number of rotatable bonds is 7. The molecule has 7 heterocycles. The van der Waals surface area contributed by atoms with Crippen molar-refractivity contribution in [3.8, 4) is 17.0 Å². The second-order valence-corrected chi connectivity index (χ2v) is 15.8. The van der Waals surface area contributed by atoms with Gasteiger partial charge in [-0.3, -0.25) is 34.3 Å². The maximum atomic E-state index is 13.4. The van der Waals surface area contributed by atoms with E-state index in [0.717, 1.165) is 100 Å². The number of piperidine rings is 3. The first-order chi connectivity index (χ1) is 26.3.